The molecule has 0 aromatic heterocycles. The van der Waals surface area contributed by atoms with Crippen LogP contribution in [0.3, 0.4) is 0 Å². The molecule has 1 aliphatic heterocycles. The molecule has 1 aliphatic rings. The van der Waals surface area contributed by atoms with Crippen LogP contribution in [0, 0.1) is 5.92 Å². The number of aliphatic carboxylic acids is 1. The monoisotopic (exact) mass is 183 g/mol. The number of rotatable bonds is 1. The van der Waals surface area contributed by atoms with Crippen LogP contribution in [0.15, 0.2) is 0 Å². The summed E-state index contributed by atoms with van der Waals surface area (Å²) < 4.78 is 0. The summed E-state index contributed by atoms with van der Waals surface area (Å²) in [6.45, 7) is 1.86. The Balaban J connectivity index is 0. The molecule has 60 valence electrons. The zero-order chi connectivity index (χ0) is 7.56. The molecule has 1 rings (SSSR count). The molecule has 3 nitrogen and oxygen atoms in total. The molecule has 0 unspecified atom stereocenters. The standard InChI is InChI=1S/C7H13NO2.K.H/c1-8-4-2-6(3-5-8)7(9)10;;/h6H,2-5H2,1H3,(H,9,10);;/q;+1;-1. The van der Waals surface area contributed by atoms with Crippen LogP contribution in [0.5, 0.6) is 0 Å². The van der Waals surface area contributed by atoms with E-state index < -0.39 is 5.97 Å². The van der Waals surface area contributed by atoms with Crippen molar-refractivity contribution in [2.24, 2.45) is 5.92 Å². The normalized spacial score (nSPS) is 20.8. The van der Waals surface area contributed by atoms with Gasteiger partial charge in [-0.05, 0) is 33.0 Å². The number of nitrogens with zero attached hydrogens (tertiary/aromatic N) is 1. The van der Waals surface area contributed by atoms with Gasteiger partial charge in [-0.25, -0.2) is 0 Å². The minimum absolute atomic E-state index is 0. The molecular weight excluding hydrogens is 169 g/mol. The van der Waals surface area contributed by atoms with Gasteiger partial charge < -0.3 is 11.4 Å². The van der Waals surface area contributed by atoms with Crippen LogP contribution < -0.4 is 51.4 Å². The average Bonchev–Trinajstić information content (AvgIpc) is 1.88. The van der Waals surface area contributed by atoms with E-state index in [2.05, 4.69) is 4.90 Å². The molecule has 1 saturated heterocycles. The zero-order valence-electron chi connectivity index (χ0n) is 8.21. The molecule has 0 spiro atoms. The fourth-order valence-corrected chi connectivity index (χ4v) is 1.26. The third-order valence-electron chi connectivity index (χ3n) is 2.07. The van der Waals surface area contributed by atoms with Crippen LogP contribution in [-0.4, -0.2) is 36.1 Å². The predicted molar refractivity (Wildman–Crippen MR) is 39.0 cm³/mol. The largest absolute Gasteiger partial charge is 1.00 e. The molecule has 0 aliphatic carbocycles. The van der Waals surface area contributed by atoms with Crippen molar-refractivity contribution < 1.29 is 62.7 Å². The number of carbonyl (C=O) groups is 1. The van der Waals surface area contributed by atoms with Crippen molar-refractivity contribution in [2.75, 3.05) is 20.1 Å². The van der Waals surface area contributed by atoms with Crippen molar-refractivity contribution in [3.8, 4) is 0 Å². The number of likely N-dealkylation sites (tertiary alicyclic amines) is 1. The number of carboxylic acid groups (broad SMARTS) is 1. The molecule has 0 amide bonds. The number of hydrogen-bond acceptors (Lipinski definition) is 2. The summed E-state index contributed by atoms with van der Waals surface area (Å²) in [5.41, 5.74) is 0. The average molecular weight is 183 g/mol. The fourth-order valence-electron chi connectivity index (χ4n) is 1.26. The summed E-state index contributed by atoms with van der Waals surface area (Å²) in [6, 6.07) is 0. The molecule has 0 radical (unpaired) electrons. The first-order valence-electron chi connectivity index (χ1n) is 3.61. The Morgan fingerprint density at radius 2 is 2.00 bits per heavy atom. The molecule has 1 fully saturated rings. The molecule has 0 atom stereocenters. The smallest absolute Gasteiger partial charge is 1.00 e. The molecule has 1 N–H and O–H groups in total. The summed E-state index contributed by atoms with van der Waals surface area (Å²) in [4.78, 5) is 12.6. The molecule has 0 bridgehead atoms. The Bertz CT molecular complexity index is 137. The van der Waals surface area contributed by atoms with Gasteiger partial charge >= 0.3 is 57.4 Å². The van der Waals surface area contributed by atoms with Gasteiger partial charge in [0.15, 0.2) is 0 Å². The van der Waals surface area contributed by atoms with Crippen LogP contribution in [0.1, 0.15) is 14.3 Å². The SMILES string of the molecule is CN1CCC(C(=O)O)CC1.[H-].[K+]. The van der Waals surface area contributed by atoms with Gasteiger partial charge in [-0.1, -0.05) is 0 Å². The van der Waals surface area contributed by atoms with Gasteiger partial charge in [-0.2, -0.15) is 0 Å². The summed E-state index contributed by atoms with van der Waals surface area (Å²) in [5, 5.41) is 8.61. The Labute approximate surface area is 111 Å². The Hall–Kier alpha value is 1.07. The van der Waals surface area contributed by atoms with Crippen molar-refractivity contribution in [1.82, 2.24) is 4.90 Å². The first-order chi connectivity index (χ1) is 4.70. The van der Waals surface area contributed by atoms with Gasteiger partial charge in [0, 0.05) is 0 Å². The van der Waals surface area contributed by atoms with Crippen LogP contribution in [0.4, 0.5) is 0 Å². The van der Waals surface area contributed by atoms with Crippen molar-refractivity contribution in [3.05, 3.63) is 0 Å². The Morgan fingerprint density at radius 3 is 2.36 bits per heavy atom. The van der Waals surface area contributed by atoms with Crippen LogP contribution in [-0.2, 0) is 4.79 Å². The third-order valence-corrected chi connectivity index (χ3v) is 2.07. The van der Waals surface area contributed by atoms with Gasteiger partial charge in [0.2, 0.25) is 0 Å². The second kappa shape index (κ2) is 5.67. The summed E-state index contributed by atoms with van der Waals surface area (Å²) in [7, 11) is 2.03. The van der Waals surface area contributed by atoms with Gasteiger partial charge in [-0.3, -0.25) is 4.79 Å². The van der Waals surface area contributed by atoms with E-state index in [1.54, 1.807) is 0 Å². The third kappa shape index (κ3) is 4.01. The number of carboxylic acids is 1. The molecule has 0 aromatic carbocycles. The van der Waals surface area contributed by atoms with Crippen molar-refractivity contribution in [2.45, 2.75) is 12.8 Å². The summed E-state index contributed by atoms with van der Waals surface area (Å²) >= 11 is 0. The topological polar surface area (TPSA) is 40.5 Å². The molecule has 0 saturated carbocycles. The predicted octanol–water partition coefficient (Wildman–Crippen LogP) is -2.47. The number of piperidine rings is 1. The minimum atomic E-state index is -0.631. The van der Waals surface area contributed by atoms with E-state index in [-0.39, 0.29) is 58.7 Å². The van der Waals surface area contributed by atoms with Gasteiger partial charge in [0.1, 0.15) is 0 Å². The maximum Gasteiger partial charge on any atom is 1.00 e. The van der Waals surface area contributed by atoms with Crippen molar-refractivity contribution in [1.29, 1.82) is 0 Å². The van der Waals surface area contributed by atoms with Crippen molar-refractivity contribution in [3.63, 3.8) is 0 Å². The van der Waals surface area contributed by atoms with E-state index in [1.165, 1.54) is 0 Å². The quantitative estimate of drug-likeness (QED) is 0.458. The second-order valence-corrected chi connectivity index (χ2v) is 2.92. The Morgan fingerprint density at radius 1 is 1.55 bits per heavy atom. The van der Waals surface area contributed by atoms with E-state index in [1.807, 2.05) is 7.05 Å². The van der Waals surface area contributed by atoms with Crippen LogP contribution >= 0.6 is 0 Å². The van der Waals surface area contributed by atoms with E-state index in [9.17, 15) is 4.79 Å². The maximum absolute atomic E-state index is 10.4. The van der Waals surface area contributed by atoms with E-state index in [0.717, 1.165) is 25.9 Å². The van der Waals surface area contributed by atoms with E-state index >= 15 is 0 Å². The van der Waals surface area contributed by atoms with E-state index in [0.29, 0.717) is 0 Å². The molecule has 0 aromatic rings. The first-order valence-corrected chi connectivity index (χ1v) is 3.61. The van der Waals surface area contributed by atoms with Crippen molar-refractivity contribution >= 4 is 5.97 Å². The summed E-state index contributed by atoms with van der Waals surface area (Å²) in [5.74, 6) is -0.718. The first kappa shape index (κ1) is 12.1. The second-order valence-electron chi connectivity index (χ2n) is 2.92. The molecule has 11 heavy (non-hydrogen) atoms. The minimum Gasteiger partial charge on any atom is -1.00 e. The van der Waals surface area contributed by atoms with Crippen LogP contribution in [0.25, 0.3) is 0 Å². The summed E-state index contributed by atoms with van der Waals surface area (Å²) in [6.07, 6.45) is 1.62. The zero-order valence-corrected chi connectivity index (χ0v) is 10.3. The van der Waals surface area contributed by atoms with Gasteiger partial charge in [-0.15, -0.1) is 0 Å². The maximum atomic E-state index is 10.4. The fraction of sp³-hybridized carbons (Fsp3) is 0.857. The number of hydrogen-bond donors (Lipinski definition) is 1. The molecular formula is C7H14KNO2. The van der Waals surface area contributed by atoms with Crippen LogP contribution in [0.2, 0.25) is 0 Å². The Kier molecular flexibility index (Phi) is 6.22. The van der Waals surface area contributed by atoms with E-state index in [4.69, 9.17) is 5.11 Å². The molecule has 1 heterocycles. The van der Waals surface area contributed by atoms with Gasteiger partial charge in [0.05, 0.1) is 5.92 Å². The molecule has 4 heteroatoms. The van der Waals surface area contributed by atoms with Gasteiger partial charge in [0.25, 0.3) is 0 Å².